The van der Waals surface area contributed by atoms with Crippen molar-refractivity contribution in [1.29, 1.82) is 0 Å². The Kier molecular flexibility index (Phi) is 7.70. The summed E-state index contributed by atoms with van der Waals surface area (Å²) in [5.41, 5.74) is 1.19. The van der Waals surface area contributed by atoms with Crippen LogP contribution in [0.3, 0.4) is 0 Å². The zero-order valence-corrected chi connectivity index (χ0v) is 19.9. The molecule has 0 fully saturated rings. The van der Waals surface area contributed by atoms with Gasteiger partial charge in [-0.25, -0.2) is 0 Å². The first-order valence-electron chi connectivity index (χ1n) is 10.7. The van der Waals surface area contributed by atoms with Crippen molar-refractivity contribution in [3.05, 3.63) is 98.8 Å². The van der Waals surface area contributed by atoms with Gasteiger partial charge < -0.3 is 19.1 Å². The second kappa shape index (κ2) is 10.7. The predicted molar refractivity (Wildman–Crippen MR) is 129 cm³/mol. The number of nitrogens with zero attached hydrogens (tertiary/aromatic N) is 2. The largest absolute Gasteiger partial charge is 0.497 e. The minimum absolute atomic E-state index is 0.139. The number of allylic oxidation sites excluding steroid dienone is 2. The molecule has 0 atom stereocenters. The van der Waals surface area contributed by atoms with Crippen LogP contribution < -0.4 is 4.74 Å². The molecule has 1 heterocycles. The van der Waals surface area contributed by atoms with Gasteiger partial charge in [0.2, 0.25) is 0 Å². The summed E-state index contributed by atoms with van der Waals surface area (Å²) in [6.07, 6.45) is 3.84. The number of ether oxygens (including phenoxy) is 3. The molecule has 0 aliphatic carbocycles. The fourth-order valence-corrected chi connectivity index (χ4v) is 4.30. The lowest BCUT2D eigenvalue weighted by atomic mass is 9.75. The standard InChI is InChI=1S/C26H26N2O7/c1-18-24(34-16-29)26(3,21-8-5-9-22(15-21)28(31)32)25(35-17-30)19(2)27(18)14-6-7-20-10-12-23(33-4)13-11-20/h5-13,15-17H,14H2,1-4H3/b7-6+. The zero-order chi connectivity index (χ0) is 25.6. The number of carbonyl (C=O) groups is 2. The molecule has 9 nitrogen and oxygen atoms in total. The molecular formula is C26H26N2O7. The maximum absolute atomic E-state index is 11.5. The molecule has 0 unspecified atom stereocenters. The average Bonchev–Trinajstić information content (AvgIpc) is 2.87. The van der Waals surface area contributed by atoms with E-state index in [4.69, 9.17) is 14.2 Å². The number of methoxy groups -OCH3 is 1. The number of nitro benzene ring substituents is 1. The maximum atomic E-state index is 11.5. The molecular weight excluding hydrogens is 452 g/mol. The van der Waals surface area contributed by atoms with Crippen LogP contribution in [0.5, 0.6) is 5.75 Å². The van der Waals surface area contributed by atoms with E-state index in [0.29, 0.717) is 36.4 Å². The Morgan fingerprint density at radius 3 is 2.11 bits per heavy atom. The lowest BCUT2D eigenvalue weighted by Crippen LogP contribution is -2.40. The molecule has 2 aromatic rings. The number of carbonyl (C=O) groups excluding carboxylic acids is 2. The third-order valence-corrected chi connectivity index (χ3v) is 6.06. The van der Waals surface area contributed by atoms with E-state index in [1.807, 2.05) is 41.3 Å². The Labute approximate surface area is 203 Å². The average molecular weight is 479 g/mol. The molecule has 9 heteroatoms. The van der Waals surface area contributed by atoms with E-state index in [1.54, 1.807) is 33.9 Å². The van der Waals surface area contributed by atoms with Crippen LogP contribution in [0, 0.1) is 10.1 Å². The van der Waals surface area contributed by atoms with Crippen molar-refractivity contribution >= 4 is 24.7 Å². The summed E-state index contributed by atoms with van der Waals surface area (Å²) in [7, 11) is 1.60. The normalized spacial score (nSPS) is 15.3. The van der Waals surface area contributed by atoms with Crippen molar-refractivity contribution < 1.29 is 28.7 Å². The SMILES string of the molecule is COc1ccc(/C=C/CN2C(C)=C(OC=O)C(C)(c3cccc([N+](=O)[O-])c3)C(OC=O)=C2C)cc1. The highest BCUT2D eigenvalue weighted by molar-refractivity contribution is 5.57. The van der Waals surface area contributed by atoms with E-state index in [9.17, 15) is 19.7 Å². The summed E-state index contributed by atoms with van der Waals surface area (Å²) >= 11 is 0. The van der Waals surface area contributed by atoms with Gasteiger partial charge in [-0.1, -0.05) is 36.4 Å². The molecule has 0 bridgehead atoms. The van der Waals surface area contributed by atoms with E-state index in [0.717, 1.165) is 11.3 Å². The second-order valence-corrected chi connectivity index (χ2v) is 7.98. The fraction of sp³-hybridized carbons (Fsp3) is 0.231. The van der Waals surface area contributed by atoms with Gasteiger partial charge in [0, 0.05) is 18.7 Å². The van der Waals surface area contributed by atoms with Gasteiger partial charge in [0.05, 0.1) is 23.4 Å². The first kappa shape index (κ1) is 25.2. The molecule has 0 radical (unpaired) electrons. The first-order valence-corrected chi connectivity index (χ1v) is 10.7. The summed E-state index contributed by atoms with van der Waals surface area (Å²) in [6.45, 7) is 6.21. The van der Waals surface area contributed by atoms with Crippen molar-refractivity contribution in [3.8, 4) is 5.75 Å². The smallest absolute Gasteiger partial charge is 0.298 e. The fourth-order valence-electron chi connectivity index (χ4n) is 4.30. The van der Waals surface area contributed by atoms with Gasteiger partial charge in [-0.3, -0.25) is 19.7 Å². The number of rotatable bonds is 10. The van der Waals surface area contributed by atoms with Crippen molar-refractivity contribution in [3.63, 3.8) is 0 Å². The van der Waals surface area contributed by atoms with E-state index in [1.165, 1.54) is 18.2 Å². The molecule has 0 spiro atoms. The number of nitro groups is 1. The zero-order valence-electron chi connectivity index (χ0n) is 19.9. The topological polar surface area (TPSA) is 108 Å². The monoisotopic (exact) mass is 478 g/mol. The van der Waals surface area contributed by atoms with Crippen LogP contribution in [0.1, 0.15) is 31.9 Å². The molecule has 35 heavy (non-hydrogen) atoms. The van der Waals surface area contributed by atoms with Gasteiger partial charge in [0.15, 0.2) is 0 Å². The number of benzene rings is 2. The van der Waals surface area contributed by atoms with Crippen molar-refractivity contribution in [2.24, 2.45) is 0 Å². The summed E-state index contributed by atoms with van der Waals surface area (Å²) in [4.78, 5) is 35.7. The first-order chi connectivity index (χ1) is 16.8. The minimum atomic E-state index is -1.27. The van der Waals surface area contributed by atoms with Crippen LogP contribution in [0.25, 0.3) is 6.08 Å². The van der Waals surface area contributed by atoms with E-state index >= 15 is 0 Å². The molecule has 2 aromatic carbocycles. The predicted octanol–water partition coefficient (Wildman–Crippen LogP) is 4.70. The number of non-ortho nitro benzene ring substituents is 1. The van der Waals surface area contributed by atoms with Crippen LogP contribution >= 0.6 is 0 Å². The van der Waals surface area contributed by atoms with Gasteiger partial charge >= 0.3 is 0 Å². The molecule has 1 aliphatic rings. The quantitative estimate of drug-likeness (QED) is 0.275. The van der Waals surface area contributed by atoms with Crippen LogP contribution in [0.15, 0.2) is 77.5 Å². The summed E-state index contributed by atoms with van der Waals surface area (Å²) in [5.74, 6) is 1.16. The van der Waals surface area contributed by atoms with Gasteiger partial charge in [0.1, 0.15) is 22.7 Å². The van der Waals surface area contributed by atoms with Crippen molar-refractivity contribution in [2.75, 3.05) is 13.7 Å². The molecule has 0 saturated heterocycles. The summed E-state index contributed by atoms with van der Waals surface area (Å²) < 4.78 is 16.0. The summed E-state index contributed by atoms with van der Waals surface area (Å²) in [6, 6.07) is 13.5. The van der Waals surface area contributed by atoms with Crippen LogP contribution in [0.4, 0.5) is 5.69 Å². The van der Waals surface area contributed by atoms with Crippen LogP contribution in [-0.4, -0.2) is 36.4 Å². The molecule has 0 saturated carbocycles. The molecule has 182 valence electrons. The van der Waals surface area contributed by atoms with E-state index in [2.05, 4.69) is 0 Å². The molecule has 0 N–H and O–H groups in total. The van der Waals surface area contributed by atoms with E-state index in [-0.39, 0.29) is 17.2 Å². The van der Waals surface area contributed by atoms with Gasteiger partial charge in [0.25, 0.3) is 18.6 Å². The van der Waals surface area contributed by atoms with Crippen LogP contribution in [0.2, 0.25) is 0 Å². The molecule has 1 aliphatic heterocycles. The lowest BCUT2D eigenvalue weighted by Gasteiger charge is -2.42. The Morgan fingerprint density at radius 2 is 1.60 bits per heavy atom. The lowest BCUT2D eigenvalue weighted by molar-refractivity contribution is -0.385. The second-order valence-electron chi connectivity index (χ2n) is 7.98. The van der Waals surface area contributed by atoms with Gasteiger partial charge in [-0.15, -0.1) is 0 Å². The Hall–Kier alpha value is -4.40. The summed E-state index contributed by atoms with van der Waals surface area (Å²) in [5, 5.41) is 11.4. The highest BCUT2D eigenvalue weighted by Gasteiger charge is 2.47. The van der Waals surface area contributed by atoms with Gasteiger partial charge in [-0.2, -0.15) is 0 Å². The van der Waals surface area contributed by atoms with Gasteiger partial charge in [-0.05, 0) is 44.0 Å². The van der Waals surface area contributed by atoms with Crippen molar-refractivity contribution in [2.45, 2.75) is 26.2 Å². The van der Waals surface area contributed by atoms with E-state index < -0.39 is 10.3 Å². The minimum Gasteiger partial charge on any atom is -0.497 e. The molecule has 0 amide bonds. The highest BCUT2D eigenvalue weighted by atomic mass is 16.6. The Morgan fingerprint density at radius 1 is 1.00 bits per heavy atom. The maximum Gasteiger partial charge on any atom is 0.298 e. The molecule has 3 rings (SSSR count). The van der Waals surface area contributed by atoms with Crippen LogP contribution in [-0.2, 0) is 24.5 Å². The number of hydrogen-bond acceptors (Lipinski definition) is 8. The number of hydrogen-bond donors (Lipinski definition) is 0. The third kappa shape index (κ3) is 4.93. The Balaban J connectivity index is 2.07. The van der Waals surface area contributed by atoms with Crippen molar-refractivity contribution in [1.82, 2.24) is 4.90 Å². The Bertz CT molecular complexity index is 1180. The third-order valence-electron chi connectivity index (χ3n) is 6.06. The highest BCUT2D eigenvalue weighted by Crippen LogP contribution is 2.47. The molecule has 0 aromatic heterocycles.